The molecule has 0 unspecified atom stereocenters. The summed E-state index contributed by atoms with van der Waals surface area (Å²) in [6.07, 6.45) is -2.70. The van der Waals surface area contributed by atoms with Crippen molar-refractivity contribution in [3.8, 4) is 11.5 Å². The predicted octanol–water partition coefficient (Wildman–Crippen LogP) is 4.25. The summed E-state index contributed by atoms with van der Waals surface area (Å²) in [4.78, 5) is 53.1. The molecule has 0 aliphatic carbocycles. The maximum Gasteiger partial charge on any atom is 0.416 e. The van der Waals surface area contributed by atoms with Crippen molar-refractivity contribution < 1.29 is 55.0 Å². The minimum Gasteiger partial charge on any atom is -0.496 e. The van der Waals surface area contributed by atoms with Crippen LogP contribution in [0.4, 0.5) is 23.7 Å². The molecule has 18 heteroatoms. The van der Waals surface area contributed by atoms with Gasteiger partial charge in [0, 0.05) is 25.6 Å². The summed E-state index contributed by atoms with van der Waals surface area (Å²) >= 11 is 0. The third kappa shape index (κ3) is 9.13. The lowest BCUT2D eigenvalue weighted by atomic mass is 9.87. The topological polar surface area (TPSA) is 161 Å². The smallest absolute Gasteiger partial charge is 0.416 e. The van der Waals surface area contributed by atoms with E-state index in [1.165, 1.54) is 26.4 Å². The summed E-state index contributed by atoms with van der Waals surface area (Å²) in [7, 11) is -1.73. The van der Waals surface area contributed by atoms with E-state index in [1.54, 1.807) is 6.92 Å². The quantitative estimate of drug-likeness (QED) is 0.124. The summed E-state index contributed by atoms with van der Waals surface area (Å²) in [5.74, 6) is -1.25. The molecule has 2 saturated heterocycles. The molecule has 2 aromatic rings. The van der Waals surface area contributed by atoms with E-state index in [0.717, 1.165) is 17.0 Å². The number of rotatable bonds is 14. The highest BCUT2D eigenvalue weighted by atomic mass is 35.5. The number of likely N-dealkylation sites (tertiary alicyclic amines) is 1. The molecule has 3 amide bonds. The van der Waals surface area contributed by atoms with Crippen LogP contribution in [0, 0.1) is 0 Å². The van der Waals surface area contributed by atoms with Gasteiger partial charge in [-0.2, -0.15) is 13.2 Å². The minimum atomic E-state index is -4.63. The van der Waals surface area contributed by atoms with Crippen molar-refractivity contribution in [1.29, 1.82) is 0 Å². The fourth-order valence-corrected chi connectivity index (χ4v) is 6.69. The number of unbranched alkanes of at least 4 members (excludes halogenated alkanes) is 1. The number of nitrogens with one attached hydrogen (secondary N) is 2. The molecular weight excluding hydrogens is 697 g/mol. The largest absolute Gasteiger partial charge is 0.496 e. The van der Waals surface area contributed by atoms with Crippen molar-refractivity contribution in [1.82, 2.24) is 15.1 Å². The van der Waals surface area contributed by atoms with Crippen molar-refractivity contribution >= 4 is 51.8 Å². The first kappa shape index (κ1) is 39.3. The van der Waals surface area contributed by atoms with E-state index in [4.69, 9.17) is 14.2 Å². The molecule has 0 atom stereocenters. The van der Waals surface area contributed by atoms with Crippen LogP contribution in [0.15, 0.2) is 41.3 Å². The van der Waals surface area contributed by atoms with Gasteiger partial charge in [0.25, 0.3) is 15.9 Å². The van der Waals surface area contributed by atoms with Gasteiger partial charge in [-0.3, -0.25) is 24.0 Å². The molecule has 13 nitrogen and oxygen atoms in total. The molecule has 49 heavy (non-hydrogen) atoms. The molecule has 0 bridgehead atoms. The van der Waals surface area contributed by atoms with Gasteiger partial charge < -0.3 is 24.4 Å². The lowest BCUT2D eigenvalue weighted by Gasteiger charge is -2.37. The van der Waals surface area contributed by atoms with E-state index in [0.29, 0.717) is 57.5 Å². The number of anilines is 1. The van der Waals surface area contributed by atoms with Gasteiger partial charge in [0.1, 0.15) is 23.6 Å². The highest BCUT2D eigenvalue weighted by molar-refractivity contribution is 7.92. The Bertz CT molecular complexity index is 1650. The molecule has 0 aromatic heterocycles. The zero-order chi connectivity index (χ0) is 35.3. The molecule has 2 fully saturated rings. The van der Waals surface area contributed by atoms with E-state index >= 15 is 0 Å². The number of methoxy groups -OCH3 is 2. The molecule has 270 valence electrons. The Hall–Kier alpha value is -4.09. The van der Waals surface area contributed by atoms with E-state index in [2.05, 4.69) is 14.9 Å². The van der Waals surface area contributed by atoms with Gasteiger partial charge in [0.2, 0.25) is 0 Å². The van der Waals surface area contributed by atoms with Crippen LogP contribution in [0.1, 0.15) is 54.9 Å². The molecule has 1 spiro atoms. The van der Waals surface area contributed by atoms with Crippen molar-refractivity contribution in [2.45, 2.75) is 55.6 Å². The van der Waals surface area contributed by atoms with E-state index in [9.17, 15) is 40.8 Å². The number of sulfonamides is 1. The first-order valence-corrected chi connectivity index (χ1v) is 16.6. The number of carbonyl (C=O) groups excluding carboxylic acids is 4. The number of piperidine rings is 1. The van der Waals surface area contributed by atoms with Crippen LogP contribution in [0.5, 0.6) is 11.5 Å². The van der Waals surface area contributed by atoms with E-state index < -0.39 is 56.6 Å². The minimum absolute atomic E-state index is 0. The molecular formula is C31H38ClF3N4O9S. The third-order valence-electron chi connectivity index (χ3n) is 8.23. The van der Waals surface area contributed by atoms with Crippen LogP contribution in [-0.2, 0) is 30.5 Å². The standard InChI is InChI=1S/C31H37F3N4O9S.ClH/c1-4-47-27(40)19-38-28(41)30(35-29(38)42)12-15-37(16-13-30)14-6-5-7-24(39)22-17-23(26(46-3)18-25(22)45-2)36-48(43,44)21-10-8-20(9-11-21)31(32,33)34;/h8-11,17-18,36H,4-7,12-16,19H2,1-3H3,(H,35,42);1H. The lowest BCUT2D eigenvalue weighted by molar-refractivity contribution is -0.147. The van der Waals surface area contributed by atoms with Crippen LogP contribution >= 0.6 is 12.4 Å². The average Bonchev–Trinajstić information content (AvgIpc) is 3.26. The van der Waals surface area contributed by atoms with Gasteiger partial charge in [0.15, 0.2) is 5.78 Å². The Morgan fingerprint density at radius 2 is 1.63 bits per heavy atom. The summed E-state index contributed by atoms with van der Waals surface area (Å²) in [5, 5.41) is 2.75. The van der Waals surface area contributed by atoms with E-state index in [1.807, 2.05) is 0 Å². The second kappa shape index (κ2) is 16.1. The van der Waals surface area contributed by atoms with Crippen LogP contribution in [0.3, 0.4) is 0 Å². The molecule has 0 saturated carbocycles. The first-order valence-electron chi connectivity index (χ1n) is 15.2. The zero-order valence-corrected chi connectivity index (χ0v) is 28.7. The van der Waals surface area contributed by atoms with Crippen LogP contribution < -0.4 is 19.5 Å². The monoisotopic (exact) mass is 734 g/mol. The number of Topliss-reactive ketones (excluding diaryl/α,β-unsaturated/α-hetero) is 1. The number of hydrogen-bond acceptors (Lipinski definition) is 10. The van der Waals surface area contributed by atoms with Crippen LogP contribution in [-0.4, -0.2) is 94.5 Å². The highest BCUT2D eigenvalue weighted by Crippen LogP contribution is 2.36. The maximum atomic E-state index is 13.2. The summed E-state index contributed by atoms with van der Waals surface area (Å²) in [6, 6.07) is 4.97. The SMILES string of the molecule is CCOC(=O)CN1C(=O)NC2(CCN(CCCCC(=O)c3cc(NS(=O)(=O)c4ccc(C(F)(F)F)cc4)c(OC)cc3OC)CC2)C1=O.Cl. The molecule has 2 aliphatic heterocycles. The second-order valence-corrected chi connectivity index (χ2v) is 13.0. The summed E-state index contributed by atoms with van der Waals surface area (Å²) < 4.78 is 82.6. The predicted molar refractivity (Wildman–Crippen MR) is 173 cm³/mol. The molecule has 2 aliphatic rings. The number of ether oxygens (including phenoxy) is 3. The molecule has 2 N–H and O–H groups in total. The number of halogens is 4. The van der Waals surface area contributed by atoms with Gasteiger partial charge in [-0.05, 0) is 69.5 Å². The Labute approximate surface area is 287 Å². The van der Waals surface area contributed by atoms with Crippen LogP contribution in [0.2, 0.25) is 0 Å². The molecule has 0 radical (unpaired) electrons. The Morgan fingerprint density at radius 3 is 2.20 bits per heavy atom. The highest BCUT2D eigenvalue weighted by Gasteiger charge is 2.52. The zero-order valence-electron chi connectivity index (χ0n) is 27.1. The number of esters is 1. The lowest BCUT2D eigenvalue weighted by Crippen LogP contribution is -2.55. The Morgan fingerprint density at radius 1 is 1.00 bits per heavy atom. The van der Waals surface area contributed by atoms with Crippen molar-refractivity contribution in [3.05, 3.63) is 47.5 Å². The first-order chi connectivity index (χ1) is 22.6. The number of hydrogen-bond donors (Lipinski definition) is 2. The number of ketones is 1. The molecule has 2 heterocycles. The van der Waals surface area contributed by atoms with Crippen molar-refractivity contribution in [2.24, 2.45) is 0 Å². The third-order valence-corrected chi connectivity index (χ3v) is 9.62. The normalized spacial score (nSPS) is 16.2. The summed E-state index contributed by atoms with van der Waals surface area (Å²) in [6.45, 7) is 2.98. The number of nitrogens with zero attached hydrogens (tertiary/aromatic N) is 2. The van der Waals surface area contributed by atoms with Gasteiger partial charge >= 0.3 is 18.2 Å². The second-order valence-electron chi connectivity index (χ2n) is 11.3. The number of imide groups is 1. The van der Waals surface area contributed by atoms with Crippen molar-refractivity contribution in [2.75, 3.05) is 51.7 Å². The fraction of sp³-hybridized carbons (Fsp3) is 0.484. The number of urea groups is 1. The number of alkyl halides is 3. The van der Waals surface area contributed by atoms with Gasteiger partial charge in [-0.1, -0.05) is 0 Å². The van der Waals surface area contributed by atoms with Gasteiger partial charge in [-0.15, -0.1) is 12.4 Å². The number of benzene rings is 2. The fourth-order valence-electron chi connectivity index (χ4n) is 5.63. The molecule has 2 aromatic carbocycles. The van der Waals surface area contributed by atoms with Gasteiger partial charge in [0.05, 0.1) is 42.5 Å². The Kier molecular flexibility index (Phi) is 12.9. The Balaban J connectivity index is 0.00000650. The van der Waals surface area contributed by atoms with Crippen molar-refractivity contribution in [3.63, 3.8) is 0 Å². The molecule has 4 rings (SSSR count). The summed E-state index contributed by atoms with van der Waals surface area (Å²) in [5.41, 5.74) is -2.08. The maximum absolute atomic E-state index is 13.2. The van der Waals surface area contributed by atoms with E-state index in [-0.39, 0.29) is 54.0 Å². The number of carbonyl (C=O) groups is 4. The average molecular weight is 735 g/mol. The van der Waals surface area contributed by atoms with Crippen LogP contribution in [0.25, 0.3) is 0 Å². The van der Waals surface area contributed by atoms with Gasteiger partial charge in [-0.25, -0.2) is 13.2 Å². The number of amides is 3.